The van der Waals surface area contributed by atoms with E-state index in [0.717, 1.165) is 21.1 Å². The van der Waals surface area contributed by atoms with Crippen LogP contribution in [0.4, 0.5) is 0 Å². The first-order valence-electron chi connectivity index (χ1n) is 6.50. The van der Waals surface area contributed by atoms with Gasteiger partial charge in [0.25, 0.3) is 10.0 Å². The van der Waals surface area contributed by atoms with Gasteiger partial charge < -0.3 is 0 Å². The van der Waals surface area contributed by atoms with Gasteiger partial charge in [0.1, 0.15) is 0 Å². The van der Waals surface area contributed by atoms with Gasteiger partial charge >= 0.3 is 0 Å². The summed E-state index contributed by atoms with van der Waals surface area (Å²) in [6.07, 6.45) is 0. The van der Waals surface area contributed by atoms with Gasteiger partial charge in [-0.1, -0.05) is 34.1 Å². The second-order valence-corrected chi connectivity index (χ2v) is 7.66. The summed E-state index contributed by atoms with van der Waals surface area (Å²) in [6, 6.07) is 14.2. The van der Waals surface area contributed by atoms with Gasteiger partial charge in [0.05, 0.1) is 10.4 Å². The molecule has 0 fully saturated rings. The molecular weight excluding hydrogens is 350 g/mol. The summed E-state index contributed by atoms with van der Waals surface area (Å²) in [4.78, 5) is 0.299. The number of hydrogen-bond acceptors (Lipinski definition) is 2. The molecule has 0 bridgehead atoms. The van der Waals surface area contributed by atoms with Gasteiger partial charge in [0, 0.05) is 15.6 Å². The van der Waals surface area contributed by atoms with Crippen LogP contribution < -0.4 is 0 Å². The normalized spacial score (nSPS) is 12.0. The van der Waals surface area contributed by atoms with Crippen LogP contribution in [-0.4, -0.2) is 12.4 Å². The van der Waals surface area contributed by atoms with E-state index >= 15 is 0 Å². The zero-order valence-electron chi connectivity index (χ0n) is 11.7. The van der Waals surface area contributed by atoms with Crippen molar-refractivity contribution in [2.45, 2.75) is 18.7 Å². The standard InChI is InChI=1S/C16H14BrNO2S/c1-11-12(2)18(16-9-8-13(17)10-15(11)16)21(19,20)14-6-4-3-5-7-14/h3-10H,1-2H3. The van der Waals surface area contributed by atoms with Gasteiger partial charge in [-0.05, 0) is 49.7 Å². The highest BCUT2D eigenvalue weighted by molar-refractivity contribution is 9.10. The molecule has 0 aliphatic rings. The van der Waals surface area contributed by atoms with Crippen molar-refractivity contribution < 1.29 is 8.42 Å². The van der Waals surface area contributed by atoms with Crippen molar-refractivity contribution in [2.75, 3.05) is 0 Å². The Balaban J connectivity index is 2.39. The van der Waals surface area contributed by atoms with Crippen LogP contribution in [0.3, 0.4) is 0 Å². The first kappa shape index (κ1) is 14.4. The Kier molecular flexibility index (Phi) is 3.42. The van der Waals surface area contributed by atoms with E-state index in [9.17, 15) is 8.42 Å². The minimum absolute atomic E-state index is 0.299. The topological polar surface area (TPSA) is 39.1 Å². The van der Waals surface area contributed by atoms with Crippen molar-refractivity contribution in [1.82, 2.24) is 3.97 Å². The maximum atomic E-state index is 12.9. The van der Waals surface area contributed by atoms with E-state index in [1.54, 1.807) is 24.3 Å². The molecule has 2 aromatic carbocycles. The molecule has 0 aliphatic heterocycles. The monoisotopic (exact) mass is 363 g/mol. The highest BCUT2D eigenvalue weighted by Gasteiger charge is 2.23. The van der Waals surface area contributed by atoms with Crippen LogP contribution in [-0.2, 0) is 10.0 Å². The van der Waals surface area contributed by atoms with Gasteiger partial charge in [-0.25, -0.2) is 12.4 Å². The maximum absolute atomic E-state index is 12.9. The lowest BCUT2D eigenvalue weighted by molar-refractivity contribution is 0.588. The van der Waals surface area contributed by atoms with Gasteiger partial charge in [-0.3, -0.25) is 0 Å². The van der Waals surface area contributed by atoms with E-state index in [0.29, 0.717) is 10.4 Å². The smallest absolute Gasteiger partial charge is 0.238 e. The quantitative estimate of drug-likeness (QED) is 0.682. The minimum Gasteiger partial charge on any atom is -0.238 e. The van der Waals surface area contributed by atoms with Crippen LogP contribution in [0.25, 0.3) is 10.9 Å². The lowest BCUT2D eigenvalue weighted by Crippen LogP contribution is -2.14. The fourth-order valence-electron chi connectivity index (χ4n) is 2.52. The summed E-state index contributed by atoms with van der Waals surface area (Å²) in [5, 5.41) is 0.946. The average Bonchev–Trinajstić information content (AvgIpc) is 2.72. The van der Waals surface area contributed by atoms with Gasteiger partial charge in [0.15, 0.2) is 0 Å². The number of benzene rings is 2. The Labute approximate surface area is 132 Å². The van der Waals surface area contributed by atoms with Crippen LogP contribution in [0.15, 0.2) is 57.9 Å². The van der Waals surface area contributed by atoms with Gasteiger partial charge in [0.2, 0.25) is 0 Å². The van der Waals surface area contributed by atoms with Crippen LogP contribution >= 0.6 is 15.9 Å². The van der Waals surface area contributed by atoms with Crippen molar-refractivity contribution in [3.8, 4) is 0 Å². The van der Waals surface area contributed by atoms with E-state index in [-0.39, 0.29) is 0 Å². The summed E-state index contributed by atoms with van der Waals surface area (Å²) in [6.45, 7) is 3.78. The zero-order chi connectivity index (χ0) is 15.2. The Hall–Kier alpha value is -1.59. The third kappa shape index (κ3) is 2.21. The molecule has 3 aromatic rings. The van der Waals surface area contributed by atoms with Crippen molar-refractivity contribution in [1.29, 1.82) is 0 Å². The van der Waals surface area contributed by atoms with Crippen molar-refractivity contribution in [3.05, 3.63) is 64.3 Å². The fourth-order valence-corrected chi connectivity index (χ4v) is 4.51. The van der Waals surface area contributed by atoms with Gasteiger partial charge in [-0.2, -0.15) is 0 Å². The lowest BCUT2D eigenvalue weighted by atomic mass is 10.2. The molecule has 0 amide bonds. The SMILES string of the molecule is Cc1c(C)n(S(=O)(=O)c2ccccc2)c2ccc(Br)cc12. The van der Waals surface area contributed by atoms with E-state index in [2.05, 4.69) is 15.9 Å². The lowest BCUT2D eigenvalue weighted by Gasteiger charge is -2.10. The Morgan fingerprint density at radius 3 is 2.33 bits per heavy atom. The molecule has 21 heavy (non-hydrogen) atoms. The van der Waals surface area contributed by atoms with Gasteiger partial charge in [-0.15, -0.1) is 0 Å². The molecule has 0 atom stereocenters. The fraction of sp³-hybridized carbons (Fsp3) is 0.125. The Morgan fingerprint density at radius 1 is 1.00 bits per heavy atom. The molecule has 0 aliphatic carbocycles. The van der Waals surface area contributed by atoms with Crippen LogP contribution in [0, 0.1) is 13.8 Å². The Bertz CT molecular complexity index is 928. The van der Waals surface area contributed by atoms with E-state index in [1.807, 2.05) is 38.1 Å². The molecule has 0 radical (unpaired) electrons. The molecule has 3 rings (SSSR count). The van der Waals surface area contributed by atoms with Crippen LogP contribution in [0.5, 0.6) is 0 Å². The van der Waals surface area contributed by atoms with Crippen molar-refractivity contribution >= 4 is 36.9 Å². The number of aromatic nitrogens is 1. The molecule has 0 unspecified atom stereocenters. The van der Waals surface area contributed by atoms with Crippen LogP contribution in [0.1, 0.15) is 11.3 Å². The predicted octanol–water partition coefficient (Wildman–Crippen LogP) is 4.26. The molecule has 5 heteroatoms. The van der Waals surface area contributed by atoms with Crippen molar-refractivity contribution in [3.63, 3.8) is 0 Å². The summed E-state index contributed by atoms with van der Waals surface area (Å²) in [7, 11) is -3.59. The first-order valence-corrected chi connectivity index (χ1v) is 8.74. The summed E-state index contributed by atoms with van der Waals surface area (Å²) in [5.74, 6) is 0. The molecule has 1 aromatic heterocycles. The van der Waals surface area contributed by atoms with Crippen LogP contribution in [0.2, 0.25) is 0 Å². The maximum Gasteiger partial charge on any atom is 0.268 e. The predicted molar refractivity (Wildman–Crippen MR) is 88.1 cm³/mol. The largest absolute Gasteiger partial charge is 0.268 e. The van der Waals surface area contributed by atoms with E-state index < -0.39 is 10.0 Å². The molecular formula is C16H14BrNO2S. The second-order valence-electron chi connectivity index (χ2n) is 4.95. The van der Waals surface area contributed by atoms with E-state index in [1.165, 1.54) is 3.97 Å². The number of fused-ring (bicyclic) bond motifs is 1. The highest BCUT2D eigenvalue weighted by Crippen LogP contribution is 2.31. The molecule has 0 N–H and O–H groups in total. The first-order chi connectivity index (χ1) is 9.93. The molecule has 0 saturated carbocycles. The molecule has 0 spiro atoms. The zero-order valence-corrected chi connectivity index (χ0v) is 14.1. The molecule has 1 heterocycles. The second kappa shape index (κ2) is 5.00. The third-order valence-corrected chi connectivity index (χ3v) is 6.02. The number of hydrogen-bond donors (Lipinski definition) is 0. The molecule has 108 valence electrons. The molecule has 3 nitrogen and oxygen atoms in total. The summed E-state index contributed by atoms with van der Waals surface area (Å²) < 4.78 is 28.2. The minimum atomic E-state index is -3.59. The number of nitrogens with zero attached hydrogens (tertiary/aromatic N) is 1. The number of halogens is 1. The molecule has 0 saturated heterocycles. The van der Waals surface area contributed by atoms with Crippen molar-refractivity contribution in [2.24, 2.45) is 0 Å². The number of rotatable bonds is 2. The Morgan fingerprint density at radius 2 is 1.67 bits per heavy atom. The number of aryl methyl sites for hydroxylation is 1. The highest BCUT2D eigenvalue weighted by atomic mass is 79.9. The third-order valence-electron chi connectivity index (χ3n) is 3.71. The average molecular weight is 364 g/mol. The summed E-state index contributed by atoms with van der Waals surface area (Å²) in [5.41, 5.74) is 2.43. The van der Waals surface area contributed by atoms with E-state index in [4.69, 9.17) is 0 Å². The summed E-state index contributed by atoms with van der Waals surface area (Å²) >= 11 is 3.44.